The minimum Gasteiger partial charge on any atom is -0.468 e. The highest BCUT2D eigenvalue weighted by Crippen LogP contribution is 2.19. The topological polar surface area (TPSA) is 72.0 Å². The van der Waals surface area contributed by atoms with Crippen LogP contribution in [-0.4, -0.2) is 28.3 Å². The van der Waals surface area contributed by atoms with Gasteiger partial charge in [-0.3, -0.25) is 9.59 Å². The number of aromatic amines is 1. The summed E-state index contributed by atoms with van der Waals surface area (Å²) in [5.74, 6) is -0.342. The molecule has 0 saturated heterocycles. The van der Waals surface area contributed by atoms with E-state index in [2.05, 4.69) is 14.7 Å². The quantitative estimate of drug-likeness (QED) is 0.487. The number of carbonyl (C=O) groups is 1. The van der Waals surface area contributed by atoms with E-state index >= 15 is 0 Å². The number of thioether (sulfide) groups is 1. The summed E-state index contributed by atoms with van der Waals surface area (Å²) in [6.07, 6.45) is 0. The maximum atomic E-state index is 11.5. The zero-order valence-corrected chi connectivity index (χ0v) is 10.5. The van der Waals surface area contributed by atoms with Crippen LogP contribution in [-0.2, 0) is 9.53 Å². The number of esters is 1. The highest BCUT2D eigenvalue weighted by atomic mass is 32.2. The van der Waals surface area contributed by atoms with Crippen LogP contribution in [0.1, 0.15) is 18.2 Å². The number of aromatic nitrogens is 2. The first-order chi connectivity index (χ1) is 7.45. The molecule has 88 valence electrons. The maximum Gasteiger partial charge on any atom is 0.318 e. The average molecular weight is 242 g/mol. The van der Waals surface area contributed by atoms with Crippen LogP contribution in [0.5, 0.6) is 0 Å². The molecule has 1 rings (SSSR count). The molecule has 16 heavy (non-hydrogen) atoms. The third-order valence-electron chi connectivity index (χ3n) is 2.19. The van der Waals surface area contributed by atoms with E-state index in [1.165, 1.54) is 18.9 Å². The van der Waals surface area contributed by atoms with Gasteiger partial charge < -0.3 is 9.72 Å². The predicted octanol–water partition coefficient (Wildman–Crippen LogP) is 1.04. The minimum absolute atomic E-state index is 0.174. The third kappa shape index (κ3) is 2.85. The normalized spacial score (nSPS) is 12.2. The van der Waals surface area contributed by atoms with E-state index in [-0.39, 0.29) is 11.5 Å². The summed E-state index contributed by atoms with van der Waals surface area (Å²) in [4.78, 5) is 29.5. The molecule has 0 spiro atoms. The minimum atomic E-state index is -0.393. The van der Waals surface area contributed by atoms with Gasteiger partial charge in [0.15, 0.2) is 5.16 Å². The first-order valence-electron chi connectivity index (χ1n) is 4.77. The highest BCUT2D eigenvalue weighted by Gasteiger charge is 2.16. The van der Waals surface area contributed by atoms with Gasteiger partial charge in [0.05, 0.1) is 7.11 Å². The summed E-state index contributed by atoms with van der Waals surface area (Å²) in [5.41, 5.74) is 1.09. The number of rotatable bonds is 3. The Bertz CT molecular complexity index is 456. The zero-order chi connectivity index (χ0) is 12.3. The fourth-order valence-electron chi connectivity index (χ4n) is 1.06. The number of ether oxygens (including phenoxy) is 1. The van der Waals surface area contributed by atoms with E-state index in [1.54, 1.807) is 20.8 Å². The van der Waals surface area contributed by atoms with E-state index in [0.29, 0.717) is 16.4 Å². The summed E-state index contributed by atoms with van der Waals surface area (Å²) < 4.78 is 4.59. The van der Waals surface area contributed by atoms with Gasteiger partial charge in [0.25, 0.3) is 5.56 Å². The molecule has 0 aliphatic heterocycles. The van der Waals surface area contributed by atoms with Gasteiger partial charge in [-0.15, -0.1) is 0 Å². The van der Waals surface area contributed by atoms with Crippen LogP contribution in [0.25, 0.3) is 0 Å². The van der Waals surface area contributed by atoms with Gasteiger partial charge in [0, 0.05) is 11.3 Å². The molecule has 0 aromatic carbocycles. The van der Waals surface area contributed by atoms with Gasteiger partial charge >= 0.3 is 5.97 Å². The summed E-state index contributed by atoms with van der Waals surface area (Å²) in [6.45, 7) is 5.17. The molecule has 0 saturated carbocycles. The van der Waals surface area contributed by atoms with Crippen molar-refractivity contribution in [2.75, 3.05) is 7.11 Å². The summed E-state index contributed by atoms with van der Waals surface area (Å²) >= 11 is 1.17. The number of H-pyrrole nitrogens is 1. The number of nitrogens with one attached hydrogen (secondary N) is 1. The second-order valence-corrected chi connectivity index (χ2v) is 4.69. The van der Waals surface area contributed by atoms with Crippen LogP contribution in [0.2, 0.25) is 0 Å². The molecule has 6 heteroatoms. The lowest BCUT2D eigenvalue weighted by Crippen LogP contribution is -2.18. The van der Waals surface area contributed by atoms with Crippen LogP contribution < -0.4 is 5.56 Å². The van der Waals surface area contributed by atoms with Crippen molar-refractivity contribution in [3.63, 3.8) is 0 Å². The van der Waals surface area contributed by atoms with E-state index < -0.39 is 5.25 Å². The number of hydrogen-bond acceptors (Lipinski definition) is 5. The molecular formula is C10H14N2O3S. The number of methoxy groups -OCH3 is 1. The average Bonchev–Trinajstić information content (AvgIpc) is 2.24. The molecular weight excluding hydrogens is 228 g/mol. The SMILES string of the molecule is COC(=O)[C@H](C)Sc1nc(C)c(C)c(=O)[nH]1. The molecule has 0 fully saturated rings. The Morgan fingerprint density at radius 2 is 2.12 bits per heavy atom. The van der Waals surface area contributed by atoms with Gasteiger partial charge in [0.2, 0.25) is 0 Å². The molecule has 1 atom stereocenters. The second-order valence-electron chi connectivity index (χ2n) is 3.36. The zero-order valence-electron chi connectivity index (χ0n) is 9.66. The molecule has 5 nitrogen and oxygen atoms in total. The molecule has 1 heterocycles. The molecule has 0 radical (unpaired) electrons. The lowest BCUT2D eigenvalue weighted by atomic mass is 10.3. The van der Waals surface area contributed by atoms with Crippen LogP contribution >= 0.6 is 11.8 Å². The lowest BCUT2D eigenvalue weighted by Gasteiger charge is -2.08. The van der Waals surface area contributed by atoms with E-state index in [1.807, 2.05) is 0 Å². The Morgan fingerprint density at radius 3 is 2.62 bits per heavy atom. The number of aryl methyl sites for hydroxylation is 1. The van der Waals surface area contributed by atoms with Crippen molar-refractivity contribution in [3.05, 3.63) is 21.6 Å². The Kier molecular flexibility index (Phi) is 4.12. The molecule has 1 aromatic heterocycles. The van der Waals surface area contributed by atoms with E-state index in [4.69, 9.17) is 0 Å². The van der Waals surface area contributed by atoms with Gasteiger partial charge in [-0.1, -0.05) is 11.8 Å². The second kappa shape index (κ2) is 5.16. The van der Waals surface area contributed by atoms with Crippen molar-refractivity contribution in [1.29, 1.82) is 0 Å². The molecule has 0 bridgehead atoms. The highest BCUT2D eigenvalue weighted by molar-refractivity contribution is 8.00. The number of hydrogen-bond donors (Lipinski definition) is 1. The molecule has 0 aliphatic rings. The van der Waals surface area contributed by atoms with Crippen LogP contribution in [0.15, 0.2) is 9.95 Å². The van der Waals surface area contributed by atoms with Crippen molar-refractivity contribution < 1.29 is 9.53 Å². The van der Waals surface area contributed by atoms with Crippen molar-refractivity contribution in [1.82, 2.24) is 9.97 Å². The fourth-order valence-corrected chi connectivity index (χ4v) is 1.93. The molecule has 1 N–H and O–H groups in total. The van der Waals surface area contributed by atoms with Crippen molar-refractivity contribution in [2.45, 2.75) is 31.2 Å². The summed E-state index contributed by atoms with van der Waals surface area (Å²) in [7, 11) is 1.33. The largest absolute Gasteiger partial charge is 0.468 e. The molecule has 0 unspecified atom stereocenters. The van der Waals surface area contributed by atoms with Gasteiger partial charge in [0.1, 0.15) is 5.25 Å². The summed E-state index contributed by atoms with van der Waals surface area (Å²) in [5, 5.41) is 0.0428. The fraction of sp³-hybridized carbons (Fsp3) is 0.500. The third-order valence-corrected chi connectivity index (χ3v) is 3.16. The van der Waals surface area contributed by atoms with Crippen molar-refractivity contribution in [3.8, 4) is 0 Å². The first kappa shape index (κ1) is 12.8. The van der Waals surface area contributed by atoms with E-state index in [9.17, 15) is 9.59 Å². The summed E-state index contributed by atoms with van der Waals surface area (Å²) in [6, 6.07) is 0. The first-order valence-corrected chi connectivity index (χ1v) is 5.65. The Hall–Kier alpha value is -1.30. The molecule has 0 aliphatic carbocycles. The number of nitrogens with zero attached hydrogens (tertiary/aromatic N) is 1. The van der Waals surface area contributed by atoms with E-state index in [0.717, 1.165) is 0 Å². The number of carbonyl (C=O) groups excluding carboxylic acids is 1. The monoisotopic (exact) mass is 242 g/mol. The van der Waals surface area contributed by atoms with Crippen LogP contribution in [0, 0.1) is 13.8 Å². The maximum absolute atomic E-state index is 11.5. The van der Waals surface area contributed by atoms with Gasteiger partial charge in [-0.2, -0.15) is 0 Å². The standard InChI is InChI=1S/C10H14N2O3S/c1-5-6(2)11-10(12-8(5)13)16-7(3)9(14)15-4/h7H,1-4H3,(H,11,12,13)/t7-/m0/s1. The molecule has 0 amide bonds. The lowest BCUT2D eigenvalue weighted by molar-refractivity contribution is -0.139. The molecule has 1 aromatic rings. The van der Waals surface area contributed by atoms with Gasteiger partial charge in [-0.05, 0) is 20.8 Å². The van der Waals surface area contributed by atoms with Crippen molar-refractivity contribution >= 4 is 17.7 Å². The van der Waals surface area contributed by atoms with Crippen molar-refractivity contribution in [2.24, 2.45) is 0 Å². The predicted molar refractivity (Wildman–Crippen MR) is 61.7 cm³/mol. The Labute approximate surface area is 97.6 Å². The smallest absolute Gasteiger partial charge is 0.318 e. The van der Waals surface area contributed by atoms with Gasteiger partial charge in [-0.25, -0.2) is 4.98 Å². The Balaban J connectivity index is 2.91. The Morgan fingerprint density at radius 1 is 1.50 bits per heavy atom. The van der Waals surface area contributed by atoms with Crippen LogP contribution in [0.4, 0.5) is 0 Å². The van der Waals surface area contributed by atoms with Crippen LogP contribution in [0.3, 0.4) is 0 Å².